The fourth-order valence-corrected chi connectivity index (χ4v) is 3.53. The predicted octanol–water partition coefficient (Wildman–Crippen LogP) is 4.43. The summed E-state index contributed by atoms with van der Waals surface area (Å²) in [5.74, 6) is -0.744. The van der Waals surface area contributed by atoms with Gasteiger partial charge in [-0.05, 0) is 54.8 Å². The van der Waals surface area contributed by atoms with Gasteiger partial charge in [-0.25, -0.2) is 0 Å². The molecule has 0 saturated heterocycles. The molecule has 4 rings (SSSR count). The molecule has 0 radical (unpaired) electrons. The number of nitrogens with one attached hydrogen (secondary N) is 1. The van der Waals surface area contributed by atoms with Gasteiger partial charge in [0, 0.05) is 24.8 Å². The molecule has 0 bridgehead atoms. The van der Waals surface area contributed by atoms with E-state index in [1.165, 1.54) is 27.8 Å². The Labute approximate surface area is 182 Å². The molecule has 6 nitrogen and oxygen atoms in total. The molecule has 3 aromatic rings. The highest BCUT2D eigenvalue weighted by Crippen LogP contribution is 2.29. The first-order chi connectivity index (χ1) is 15.1. The van der Waals surface area contributed by atoms with Crippen molar-refractivity contribution < 1.29 is 22.8 Å². The molecule has 0 atom stereocenters. The number of aromatic nitrogens is 2. The highest BCUT2D eigenvalue weighted by atomic mass is 19.4. The number of anilines is 1. The van der Waals surface area contributed by atoms with Crippen molar-refractivity contribution in [3.8, 4) is 0 Å². The van der Waals surface area contributed by atoms with Crippen molar-refractivity contribution in [1.82, 2.24) is 14.7 Å². The Hall–Kier alpha value is -3.62. The molecule has 1 aliphatic heterocycles. The fourth-order valence-electron chi connectivity index (χ4n) is 3.53. The van der Waals surface area contributed by atoms with Gasteiger partial charge in [0.2, 0.25) is 0 Å². The van der Waals surface area contributed by atoms with Gasteiger partial charge in [-0.1, -0.05) is 18.2 Å². The predicted molar refractivity (Wildman–Crippen MR) is 112 cm³/mol. The topological polar surface area (TPSA) is 67.2 Å². The first-order valence-corrected chi connectivity index (χ1v) is 10.0. The lowest BCUT2D eigenvalue weighted by molar-refractivity contribution is -0.137. The number of fused-ring (bicyclic) bond motifs is 1. The summed E-state index contributed by atoms with van der Waals surface area (Å²) in [5.41, 5.74) is 3.05. The number of amides is 2. The fraction of sp³-hybridized carbons (Fsp3) is 0.261. The van der Waals surface area contributed by atoms with Crippen LogP contribution in [0.2, 0.25) is 0 Å². The Balaban J connectivity index is 1.46. The number of carbonyl (C=O) groups is 2. The molecule has 2 aromatic carbocycles. The van der Waals surface area contributed by atoms with Gasteiger partial charge in [0.05, 0.1) is 12.1 Å². The van der Waals surface area contributed by atoms with Crippen LogP contribution in [0, 0.1) is 13.8 Å². The van der Waals surface area contributed by atoms with Gasteiger partial charge >= 0.3 is 6.18 Å². The lowest BCUT2D eigenvalue weighted by atomic mass is 10.1. The lowest BCUT2D eigenvalue weighted by Gasteiger charge is -2.27. The number of halogens is 3. The van der Waals surface area contributed by atoms with Crippen molar-refractivity contribution in [1.29, 1.82) is 0 Å². The molecule has 2 amide bonds. The Morgan fingerprint density at radius 1 is 1.03 bits per heavy atom. The van der Waals surface area contributed by atoms with Gasteiger partial charge in [-0.15, -0.1) is 0 Å². The average molecular weight is 442 g/mol. The van der Waals surface area contributed by atoms with E-state index < -0.39 is 17.6 Å². The summed E-state index contributed by atoms with van der Waals surface area (Å²) in [6.45, 7) is 4.83. The molecule has 166 valence electrons. The van der Waals surface area contributed by atoms with E-state index in [1.807, 2.05) is 26.0 Å². The standard InChI is InChI=1S/C23H21F3N4O2/c1-14-3-8-18(11-15(14)2)27-21(31)19-12-20-22(32)29(9-10-30(20)28-19)13-16-4-6-17(7-5-16)23(24,25)26/h3-8,11-12H,9-10,13H2,1-2H3,(H,27,31). The zero-order valence-electron chi connectivity index (χ0n) is 17.5. The molecule has 32 heavy (non-hydrogen) atoms. The molecule has 0 spiro atoms. The Morgan fingerprint density at radius 3 is 2.41 bits per heavy atom. The minimum Gasteiger partial charge on any atom is -0.331 e. The van der Waals surface area contributed by atoms with Gasteiger partial charge in [0.25, 0.3) is 11.8 Å². The number of carbonyl (C=O) groups excluding carboxylic acids is 2. The smallest absolute Gasteiger partial charge is 0.331 e. The zero-order valence-corrected chi connectivity index (χ0v) is 17.5. The van der Waals surface area contributed by atoms with Crippen molar-refractivity contribution in [2.24, 2.45) is 0 Å². The van der Waals surface area contributed by atoms with Crippen molar-refractivity contribution in [3.05, 3.63) is 82.2 Å². The molecule has 1 aromatic heterocycles. The summed E-state index contributed by atoms with van der Waals surface area (Å²) in [6.07, 6.45) is -4.40. The molecule has 9 heteroatoms. The van der Waals surface area contributed by atoms with E-state index in [9.17, 15) is 22.8 Å². The maximum absolute atomic E-state index is 12.9. The molecule has 0 fully saturated rings. The second kappa shape index (κ2) is 8.14. The van der Waals surface area contributed by atoms with Gasteiger partial charge < -0.3 is 10.2 Å². The number of nitrogens with zero attached hydrogens (tertiary/aromatic N) is 3. The molecular formula is C23H21F3N4O2. The van der Waals surface area contributed by atoms with Gasteiger partial charge in [-0.2, -0.15) is 18.3 Å². The van der Waals surface area contributed by atoms with Crippen LogP contribution >= 0.6 is 0 Å². The van der Waals surface area contributed by atoms with Crippen LogP contribution in [0.3, 0.4) is 0 Å². The summed E-state index contributed by atoms with van der Waals surface area (Å²) >= 11 is 0. The van der Waals surface area contributed by atoms with Crippen LogP contribution in [0.25, 0.3) is 0 Å². The minimum atomic E-state index is -4.40. The number of hydrogen-bond acceptors (Lipinski definition) is 3. The van der Waals surface area contributed by atoms with E-state index in [1.54, 1.807) is 6.07 Å². The van der Waals surface area contributed by atoms with E-state index in [0.29, 0.717) is 24.3 Å². The van der Waals surface area contributed by atoms with E-state index >= 15 is 0 Å². The van der Waals surface area contributed by atoms with Crippen molar-refractivity contribution in [2.45, 2.75) is 33.1 Å². The highest BCUT2D eigenvalue weighted by molar-refractivity contribution is 6.04. The van der Waals surface area contributed by atoms with Crippen LogP contribution in [-0.2, 0) is 19.3 Å². The Kier molecular flexibility index (Phi) is 5.50. The molecule has 1 N–H and O–H groups in total. The minimum absolute atomic E-state index is 0.128. The van der Waals surface area contributed by atoms with Crippen LogP contribution < -0.4 is 5.32 Å². The third-order valence-electron chi connectivity index (χ3n) is 5.52. The van der Waals surface area contributed by atoms with E-state index in [-0.39, 0.29) is 23.8 Å². The zero-order chi connectivity index (χ0) is 23.0. The van der Waals surface area contributed by atoms with Gasteiger partial charge in [0.15, 0.2) is 5.69 Å². The number of benzene rings is 2. The van der Waals surface area contributed by atoms with Crippen LogP contribution in [-0.4, -0.2) is 33.0 Å². The first-order valence-electron chi connectivity index (χ1n) is 10.0. The third kappa shape index (κ3) is 4.37. The molecule has 0 aliphatic carbocycles. The number of alkyl halides is 3. The van der Waals surface area contributed by atoms with Gasteiger partial charge in [0.1, 0.15) is 5.69 Å². The summed E-state index contributed by atoms with van der Waals surface area (Å²) in [7, 11) is 0. The largest absolute Gasteiger partial charge is 0.416 e. The Morgan fingerprint density at radius 2 is 1.75 bits per heavy atom. The van der Waals surface area contributed by atoms with Crippen LogP contribution in [0.4, 0.5) is 18.9 Å². The second-order valence-corrected chi connectivity index (χ2v) is 7.81. The maximum atomic E-state index is 12.9. The summed E-state index contributed by atoms with van der Waals surface area (Å²) in [6, 6.07) is 11.7. The first kappa shape index (κ1) is 21.6. The van der Waals surface area contributed by atoms with Crippen molar-refractivity contribution >= 4 is 17.5 Å². The summed E-state index contributed by atoms with van der Waals surface area (Å²) < 4.78 is 39.7. The number of rotatable bonds is 4. The van der Waals surface area contributed by atoms with Crippen molar-refractivity contribution in [3.63, 3.8) is 0 Å². The molecule has 1 aliphatic rings. The number of hydrogen-bond donors (Lipinski definition) is 1. The van der Waals surface area contributed by atoms with Crippen molar-refractivity contribution in [2.75, 3.05) is 11.9 Å². The van der Waals surface area contributed by atoms with Crippen LogP contribution in [0.5, 0.6) is 0 Å². The quantitative estimate of drug-likeness (QED) is 0.650. The van der Waals surface area contributed by atoms with E-state index in [4.69, 9.17) is 0 Å². The Bertz CT molecular complexity index is 1180. The van der Waals surface area contributed by atoms with Gasteiger partial charge in [-0.3, -0.25) is 14.3 Å². The molecule has 0 saturated carbocycles. The third-order valence-corrected chi connectivity index (χ3v) is 5.52. The maximum Gasteiger partial charge on any atom is 0.416 e. The lowest BCUT2D eigenvalue weighted by Crippen LogP contribution is -2.39. The monoisotopic (exact) mass is 442 g/mol. The van der Waals surface area contributed by atoms with E-state index in [2.05, 4.69) is 10.4 Å². The molecular weight excluding hydrogens is 421 g/mol. The second-order valence-electron chi connectivity index (χ2n) is 7.81. The number of aryl methyl sites for hydroxylation is 2. The summed E-state index contributed by atoms with van der Waals surface area (Å²) in [4.78, 5) is 27.0. The SMILES string of the molecule is Cc1ccc(NC(=O)c2cc3n(n2)CCN(Cc2ccc(C(F)(F)F)cc2)C3=O)cc1C. The van der Waals surface area contributed by atoms with E-state index in [0.717, 1.165) is 23.3 Å². The normalized spacial score (nSPS) is 13.8. The van der Waals surface area contributed by atoms with Crippen LogP contribution in [0.1, 0.15) is 43.2 Å². The average Bonchev–Trinajstić information content (AvgIpc) is 3.18. The highest BCUT2D eigenvalue weighted by Gasteiger charge is 2.31. The summed E-state index contributed by atoms with van der Waals surface area (Å²) in [5, 5.41) is 7.04. The molecule has 2 heterocycles. The van der Waals surface area contributed by atoms with Crippen LogP contribution in [0.15, 0.2) is 48.5 Å². The molecule has 0 unspecified atom stereocenters.